The third-order valence-electron chi connectivity index (χ3n) is 3.82. The Hall–Kier alpha value is -0.0800. The summed E-state index contributed by atoms with van der Waals surface area (Å²) in [5.41, 5.74) is 0.459. The van der Waals surface area contributed by atoms with Gasteiger partial charge >= 0.3 is 0 Å². The highest BCUT2D eigenvalue weighted by Crippen LogP contribution is 2.38. The van der Waals surface area contributed by atoms with Crippen LogP contribution >= 0.6 is 0 Å². The number of rotatable bonds is 6. The van der Waals surface area contributed by atoms with Gasteiger partial charge in [0.05, 0.1) is 6.61 Å². The summed E-state index contributed by atoms with van der Waals surface area (Å²) in [7, 11) is 2.07. The highest BCUT2D eigenvalue weighted by atomic mass is 16.5. The van der Waals surface area contributed by atoms with Gasteiger partial charge < -0.3 is 10.1 Å². The second-order valence-electron chi connectivity index (χ2n) is 5.13. The Morgan fingerprint density at radius 1 is 1.27 bits per heavy atom. The molecule has 1 unspecified atom stereocenters. The summed E-state index contributed by atoms with van der Waals surface area (Å²) in [6.45, 7) is 6.36. The first-order chi connectivity index (χ1) is 7.23. The summed E-state index contributed by atoms with van der Waals surface area (Å²) in [6.07, 6.45) is 8.03. The maximum absolute atomic E-state index is 5.69. The average Bonchev–Trinajstić information content (AvgIpc) is 2.25. The fraction of sp³-hybridized carbons (Fsp3) is 1.00. The van der Waals surface area contributed by atoms with Gasteiger partial charge in [0.2, 0.25) is 0 Å². The number of likely N-dealkylation sites (N-methyl/N-ethyl adjacent to an activating group) is 1. The van der Waals surface area contributed by atoms with Crippen LogP contribution in [0.1, 0.15) is 52.4 Å². The Morgan fingerprint density at radius 2 is 1.93 bits per heavy atom. The molecule has 0 aliphatic heterocycles. The van der Waals surface area contributed by atoms with Crippen molar-refractivity contribution in [2.24, 2.45) is 5.41 Å². The van der Waals surface area contributed by atoms with E-state index in [0.29, 0.717) is 11.5 Å². The minimum Gasteiger partial charge on any atom is -0.380 e. The van der Waals surface area contributed by atoms with Crippen LogP contribution in [0.3, 0.4) is 0 Å². The average molecular weight is 213 g/mol. The van der Waals surface area contributed by atoms with Gasteiger partial charge in [0.25, 0.3) is 0 Å². The van der Waals surface area contributed by atoms with Crippen LogP contribution in [0.25, 0.3) is 0 Å². The maximum Gasteiger partial charge on any atom is 0.0624 e. The quantitative estimate of drug-likeness (QED) is 0.685. The molecule has 0 aromatic carbocycles. The molecule has 15 heavy (non-hydrogen) atoms. The van der Waals surface area contributed by atoms with Crippen LogP contribution in [0.5, 0.6) is 0 Å². The summed E-state index contributed by atoms with van der Waals surface area (Å²) >= 11 is 0. The van der Waals surface area contributed by atoms with Crippen molar-refractivity contribution in [2.45, 2.75) is 58.4 Å². The van der Waals surface area contributed by atoms with Crippen LogP contribution < -0.4 is 5.32 Å². The Kier molecular flexibility index (Phi) is 5.62. The van der Waals surface area contributed by atoms with Crippen molar-refractivity contribution in [3.05, 3.63) is 0 Å². The highest BCUT2D eigenvalue weighted by molar-refractivity contribution is 4.89. The predicted molar refractivity (Wildman–Crippen MR) is 65.1 cm³/mol. The van der Waals surface area contributed by atoms with Crippen molar-refractivity contribution >= 4 is 0 Å². The van der Waals surface area contributed by atoms with Crippen LogP contribution in [0.2, 0.25) is 0 Å². The molecule has 0 aromatic heterocycles. The summed E-state index contributed by atoms with van der Waals surface area (Å²) < 4.78 is 5.69. The van der Waals surface area contributed by atoms with E-state index in [0.717, 1.165) is 19.6 Å². The highest BCUT2D eigenvalue weighted by Gasteiger charge is 2.34. The molecule has 0 spiro atoms. The molecule has 0 bridgehead atoms. The zero-order valence-corrected chi connectivity index (χ0v) is 10.6. The molecule has 1 N–H and O–H groups in total. The molecule has 0 aromatic rings. The maximum atomic E-state index is 5.69. The first-order valence-corrected chi connectivity index (χ1v) is 6.48. The van der Waals surface area contributed by atoms with Gasteiger partial charge in [0.1, 0.15) is 0 Å². The van der Waals surface area contributed by atoms with Crippen LogP contribution in [-0.2, 0) is 4.74 Å². The van der Waals surface area contributed by atoms with Gasteiger partial charge in [-0.1, -0.05) is 33.1 Å². The minimum absolute atomic E-state index is 0.459. The fourth-order valence-corrected chi connectivity index (χ4v) is 2.69. The topological polar surface area (TPSA) is 21.3 Å². The lowest BCUT2D eigenvalue weighted by atomic mass is 9.71. The molecule has 0 saturated heterocycles. The van der Waals surface area contributed by atoms with E-state index in [1.807, 2.05) is 0 Å². The molecule has 1 saturated carbocycles. The predicted octanol–water partition coefficient (Wildman–Crippen LogP) is 2.97. The van der Waals surface area contributed by atoms with Crippen molar-refractivity contribution < 1.29 is 4.74 Å². The molecule has 1 rings (SSSR count). The number of hydrogen-bond acceptors (Lipinski definition) is 2. The lowest BCUT2D eigenvalue weighted by Crippen LogP contribution is -2.46. The van der Waals surface area contributed by atoms with Gasteiger partial charge in [0, 0.05) is 12.6 Å². The van der Waals surface area contributed by atoms with E-state index in [1.165, 1.54) is 32.1 Å². The van der Waals surface area contributed by atoms with E-state index in [2.05, 4.69) is 26.2 Å². The van der Waals surface area contributed by atoms with Gasteiger partial charge in [-0.3, -0.25) is 0 Å². The monoisotopic (exact) mass is 213 g/mol. The smallest absolute Gasteiger partial charge is 0.0624 e. The molecule has 0 radical (unpaired) electrons. The lowest BCUT2D eigenvalue weighted by Gasteiger charge is -2.40. The van der Waals surface area contributed by atoms with Gasteiger partial charge in [-0.05, 0) is 31.7 Å². The molecule has 2 heteroatoms. The molecule has 90 valence electrons. The zero-order valence-electron chi connectivity index (χ0n) is 10.6. The Balaban J connectivity index is 2.40. The standard InChI is InChI=1S/C13H27NO/c1-4-10-15-11-12(14-3)13(2)8-6-5-7-9-13/h12,14H,4-11H2,1-3H3. The van der Waals surface area contributed by atoms with E-state index in [4.69, 9.17) is 4.74 Å². The van der Waals surface area contributed by atoms with E-state index in [9.17, 15) is 0 Å². The van der Waals surface area contributed by atoms with Gasteiger partial charge in [0.15, 0.2) is 0 Å². The third kappa shape index (κ3) is 3.76. The third-order valence-corrected chi connectivity index (χ3v) is 3.82. The van der Waals surface area contributed by atoms with E-state index in [-0.39, 0.29) is 0 Å². The van der Waals surface area contributed by atoms with Crippen molar-refractivity contribution in [1.29, 1.82) is 0 Å². The second-order valence-corrected chi connectivity index (χ2v) is 5.13. The molecule has 2 nitrogen and oxygen atoms in total. The number of ether oxygens (including phenoxy) is 1. The molecule has 1 aliphatic rings. The van der Waals surface area contributed by atoms with Crippen LogP contribution in [0, 0.1) is 5.41 Å². The Bertz CT molecular complexity index is 164. The molecule has 0 heterocycles. The summed E-state index contributed by atoms with van der Waals surface area (Å²) in [6, 6.07) is 0.532. The van der Waals surface area contributed by atoms with Gasteiger partial charge in [-0.25, -0.2) is 0 Å². The second kappa shape index (κ2) is 6.49. The van der Waals surface area contributed by atoms with E-state index >= 15 is 0 Å². The van der Waals surface area contributed by atoms with E-state index < -0.39 is 0 Å². The van der Waals surface area contributed by atoms with Crippen molar-refractivity contribution in [1.82, 2.24) is 5.32 Å². The molecule has 1 atom stereocenters. The number of hydrogen-bond donors (Lipinski definition) is 1. The molecule has 1 fully saturated rings. The Labute approximate surface area is 94.8 Å². The zero-order chi connectivity index (χ0) is 11.1. The first kappa shape index (κ1) is 13.0. The largest absolute Gasteiger partial charge is 0.380 e. The van der Waals surface area contributed by atoms with Crippen LogP contribution in [0.15, 0.2) is 0 Å². The van der Waals surface area contributed by atoms with Crippen LogP contribution in [0.4, 0.5) is 0 Å². The van der Waals surface area contributed by atoms with Crippen molar-refractivity contribution in [3.8, 4) is 0 Å². The molecular weight excluding hydrogens is 186 g/mol. The first-order valence-electron chi connectivity index (χ1n) is 6.48. The van der Waals surface area contributed by atoms with E-state index in [1.54, 1.807) is 0 Å². The lowest BCUT2D eigenvalue weighted by molar-refractivity contribution is 0.0483. The Morgan fingerprint density at radius 3 is 2.47 bits per heavy atom. The van der Waals surface area contributed by atoms with Crippen molar-refractivity contribution in [3.63, 3.8) is 0 Å². The molecular formula is C13H27NO. The fourth-order valence-electron chi connectivity index (χ4n) is 2.69. The molecule has 1 aliphatic carbocycles. The summed E-state index contributed by atoms with van der Waals surface area (Å²) in [4.78, 5) is 0. The van der Waals surface area contributed by atoms with Gasteiger partial charge in [-0.15, -0.1) is 0 Å². The van der Waals surface area contributed by atoms with Gasteiger partial charge in [-0.2, -0.15) is 0 Å². The van der Waals surface area contributed by atoms with Crippen LogP contribution in [-0.4, -0.2) is 26.3 Å². The number of nitrogens with one attached hydrogen (secondary N) is 1. The molecule has 0 amide bonds. The van der Waals surface area contributed by atoms with Crippen molar-refractivity contribution in [2.75, 3.05) is 20.3 Å². The minimum atomic E-state index is 0.459. The SMILES string of the molecule is CCCOCC(NC)C1(C)CCCCC1. The summed E-state index contributed by atoms with van der Waals surface area (Å²) in [5, 5.41) is 3.45. The normalized spacial score (nSPS) is 22.6. The summed E-state index contributed by atoms with van der Waals surface area (Å²) in [5.74, 6) is 0.